The number of hydrogen-bond donors (Lipinski definition) is 1. The number of aromatic nitrogens is 1. The van der Waals surface area contributed by atoms with Crippen LogP contribution in [0.15, 0.2) is 75.5 Å². The minimum atomic E-state index is -0.621. The molecule has 3 aromatic carbocycles. The number of amides is 3. The Balaban J connectivity index is 1.23. The number of nitriles is 1. The van der Waals surface area contributed by atoms with E-state index in [1.807, 2.05) is 19.1 Å². The zero-order valence-corrected chi connectivity index (χ0v) is 25.1. The number of anilines is 2. The van der Waals surface area contributed by atoms with Gasteiger partial charge in [-0.3, -0.25) is 29.4 Å². The zero-order valence-electron chi connectivity index (χ0n) is 23.5. The van der Waals surface area contributed by atoms with Crippen LogP contribution in [0.2, 0.25) is 0 Å². The molecule has 220 valence electrons. The summed E-state index contributed by atoms with van der Waals surface area (Å²) >= 11 is 2.43. The molecule has 1 saturated carbocycles. The van der Waals surface area contributed by atoms with Crippen LogP contribution in [0.3, 0.4) is 0 Å². The standard InChI is InChI=1S/C32H25N5O5S2/c1-18-5-4-6-21(13-18)34-29(38)20(17-33)14-19-9-12-27(26(15-19)37(41)42)43-32-35-25-11-10-22(16-28(25)44-32)36-30(39)23-7-2-3-8-24(23)31(36)40/h4-6,9-16,23-24H,2-3,7-8H2,1H3,(H,34,38)/b20-14+/t23-,24+. The van der Waals surface area contributed by atoms with E-state index in [0.29, 0.717) is 31.7 Å². The number of fused-ring (bicyclic) bond motifs is 2. The van der Waals surface area contributed by atoms with Crippen molar-refractivity contribution in [2.45, 2.75) is 41.8 Å². The van der Waals surface area contributed by atoms with Gasteiger partial charge < -0.3 is 5.32 Å². The highest BCUT2D eigenvalue weighted by molar-refractivity contribution is 8.01. The summed E-state index contributed by atoms with van der Waals surface area (Å²) in [6.07, 6.45) is 4.69. The molecule has 3 amide bonds. The van der Waals surface area contributed by atoms with Crippen molar-refractivity contribution in [1.29, 1.82) is 5.26 Å². The van der Waals surface area contributed by atoms with Gasteiger partial charge in [-0.1, -0.05) is 42.8 Å². The number of hydrogen-bond acceptors (Lipinski definition) is 9. The molecule has 4 aromatic rings. The van der Waals surface area contributed by atoms with Gasteiger partial charge in [0.1, 0.15) is 11.6 Å². The SMILES string of the molecule is Cc1cccc(NC(=O)/C(C#N)=C/c2ccc(Sc3nc4ccc(N5C(=O)[C@H]6CCCC[C@H]6C5=O)cc4s3)c([N+](=O)[O-])c2)c1. The summed E-state index contributed by atoms with van der Waals surface area (Å²) in [7, 11) is 0. The fraction of sp³-hybridized carbons (Fsp3) is 0.219. The molecule has 12 heteroatoms. The Kier molecular flexibility index (Phi) is 7.99. The molecule has 6 rings (SSSR count). The largest absolute Gasteiger partial charge is 0.321 e. The molecule has 0 bridgehead atoms. The number of aryl methyl sites for hydroxylation is 1. The lowest BCUT2D eigenvalue weighted by atomic mass is 9.81. The molecule has 0 radical (unpaired) electrons. The molecular formula is C32H25N5O5S2. The van der Waals surface area contributed by atoms with E-state index >= 15 is 0 Å². The lowest BCUT2D eigenvalue weighted by Gasteiger charge is -2.19. The summed E-state index contributed by atoms with van der Waals surface area (Å²) in [5.41, 5.74) is 2.58. The summed E-state index contributed by atoms with van der Waals surface area (Å²) in [5, 5.41) is 24.3. The van der Waals surface area contributed by atoms with Gasteiger partial charge in [0.25, 0.3) is 11.6 Å². The summed E-state index contributed by atoms with van der Waals surface area (Å²) in [6, 6.07) is 18.7. The van der Waals surface area contributed by atoms with Gasteiger partial charge in [0.05, 0.1) is 37.6 Å². The normalized spacial score (nSPS) is 18.3. The molecule has 1 saturated heterocycles. The fourth-order valence-electron chi connectivity index (χ4n) is 5.68. The van der Waals surface area contributed by atoms with Crippen LogP contribution in [0.25, 0.3) is 16.3 Å². The maximum absolute atomic E-state index is 13.1. The number of carbonyl (C=O) groups excluding carboxylic acids is 3. The topological polar surface area (TPSA) is 146 Å². The molecular weight excluding hydrogens is 599 g/mol. The number of benzene rings is 3. The predicted octanol–water partition coefficient (Wildman–Crippen LogP) is 6.89. The molecule has 0 spiro atoms. The van der Waals surface area contributed by atoms with Crippen molar-refractivity contribution in [3.05, 3.63) is 87.5 Å². The van der Waals surface area contributed by atoms with Crippen LogP contribution in [0.4, 0.5) is 17.1 Å². The van der Waals surface area contributed by atoms with Crippen molar-refractivity contribution in [3.63, 3.8) is 0 Å². The van der Waals surface area contributed by atoms with Crippen LogP contribution >= 0.6 is 23.1 Å². The second-order valence-electron chi connectivity index (χ2n) is 10.7. The first-order valence-corrected chi connectivity index (χ1v) is 15.6. The molecule has 1 aliphatic heterocycles. The molecule has 10 nitrogen and oxygen atoms in total. The van der Waals surface area contributed by atoms with Crippen LogP contribution in [-0.4, -0.2) is 27.6 Å². The van der Waals surface area contributed by atoms with Gasteiger partial charge in [-0.05, 0) is 73.4 Å². The van der Waals surface area contributed by atoms with E-state index < -0.39 is 10.8 Å². The number of rotatable bonds is 7. The van der Waals surface area contributed by atoms with Crippen LogP contribution in [0.1, 0.15) is 36.8 Å². The molecule has 1 N–H and O–H groups in total. The van der Waals surface area contributed by atoms with Crippen molar-refractivity contribution in [2.75, 3.05) is 10.2 Å². The minimum Gasteiger partial charge on any atom is -0.321 e. The Bertz CT molecular complexity index is 1900. The lowest BCUT2D eigenvalue weighted by molar-refractivity contribution is -0.387. The van der Waals surface area contributed by atoms with E-state index in [4.69, 9.17) is 0 Å². The van der Waals surface area contributed by atoms with Gasteiger partial charge in [0.2, 0.25) is 11.8 Å². The van der Waals surface area contributed by atoms with Crippen LogP contribution in [-0.2, 0) is 14.4 Å². The Morgan fingerprint density at radius 2 is 1.86 bits per heavy atom. The van der Waals surface area contributed by atoms with Gasteiger partial charge in [0.15, 0.2) is 4.34 Å². The first-order valence-electron chi connectivity index (χ1n) is 14.0. The second kappa shape index (κ2) is 12.0. The van der Waals surface area contributed by atoms with Gasteiger partial charge in [-0.2, -0.15) is 5.26 Å². The smallest absolute Gasteiger partial charge is 0.283 e. The van der Waals surface area contributed by atoms with E-state index in [2.05, 4.69) is 10.3 Å². The van der Waals surface area contributed by atoms with Crippen molar-refractivity contribution in [2.24, 2.45) is 11.8 Å². The quantitative estimate of drug-likeness (QED) is 0.0770. The molecule has 1 aliphatic carbocycles. The first-order chi connectivity index (χ1) is 21.2. The van der Waals surface area contributed by atoms with Crippen LogP contribution in [0, 0.1) is 40.2 Å². The highest BCUT2D eigenvalue weighted by Gasteiger charge is 2.48. The average Bonchev–Trinajstić information content (AvgIpc) is 3.52. The highest BCUT2D eigenvalue weighted by Crippen LogP contribution is 2.43. The van der Waals surface area contributed by atoms with E-state index in [-0.39, 0.29) is 34.9 Å². The third-order valence-electron chi connectivity index (χ3n) is 7.78. The van der Waals surface area contributed by atoms with Crippen molar-refractivity contribution in [1.82, 2.24) is 4.98 Å². The summed E-state index contributed by atoms with van der Waals surface area (Å²) in [6.45, 7) is 1.88. The maximum Gasteiger partial charge on any atom is 0.283 e. The molecule has 44 heavy (non-hydrogen) atoms. The first kappa shape index (κ1) is 29.2. The summed E-state index contributed by atoms with van der Waals surface area (Å²) < 4.78 is 1.30. The zero-order chi connectivity index (χ0) is 31.0. The van der Waals surface area contributed by atoms with Crippen LogP contribution < -0.4 is 10.2 Å². The van der Waals surface area contributed by atoms with Gasteiger partial charge in [-0.25, -0.2) is 4.98 Å². The Morgan fingerprint density at radius 1 is 1.11 bits per heavy atom. The molecule has 2 heterocycles. The number of nitrogens with zero attached hydrogens (tertiary/aromatic N) is 4. The third-order valence-corrected chi connectivity index (χ3v) is 9.92. The van der Waals surface area contributed by atoms with Gasteiger partial charge in [0, 0.05) is 11.8 Å². The average molecular weight is 624 g/mol. The fourth-order valence-corrected chi connectivity index (χ4v) is 7.82. The minimum absolute atomic E-state index is 0.143. The number of nitro groups is 1. The third kappa shape index (κ3) is 5.71. The van der Waals surface area contributed by atoms with Crippen molar-refractivity contribution in [3.8, 4) is 6.07 Å². The molecule has 2 fully saturated rings. The number of nitrogens with one attached hydrogen (secondary N) is 1. The highest BCUT2D eigenvalue weighted by atomic mass is 32.2. The molecule has 0 unspecified atom stereocenters. The van der Waals surface area contributed by atoms with Gasteiger partial charge >= 0.3 is 0 Å². The number of thiazole rings is 1. The van der Waals surface area contributed by atoms with Crippen molar-refractivity contribution < 1.29 is 19.3 Å². The summed E-state index contributed by atoms with van der Waals surface area (Å²) in [5.74, 6) is -1.40. The lowest BCUT2D eigenvalue weighted by Crippen LogP contribution is -2.30. The van der Waals surface area contributed by atoms with Gasteiger partial charge in [-0.15, -0.1) is 11.3 Å². The molecule has 1 aromatic heterocycles. The number of imide groups is 1. The monoisotopic (exact) mass is 623 g/mol. The van der Waals surface area contributed by atoms with E-state index in [1.165, 1.54) is 28.4 Å². The molecule has 2 aliphatic rings. The molecule has 2 atom stereocenters. The number of carbonyl (C=O) groups is 3. The second-order valence-corrected chi connectivity index (χ2v) is 13.0. The van der Waals surface area contributed by atoms with E-state index in [1.54, 1.807) is 48.5 Å². The van der Waals surface area contributed by atoms with Crippen molar-refractivity contribution >= 4 is 74.2 Å². The van der Waals surface area contributed by atoms with Crippen LogP contribution in [0.5, 0.6) is 0 Å². The van der Waals surface area contributed by atoms with E-state index in [0.717, 1.165) is 47.7 Å². The maximum atomic E-state index is 13.1. The Hall–Kier alpha value is -4.86. The van der Waals surface area contributed by atoms with E-state index in [9.17, 15) is 29.8 Å². The summed E-state index contributed by atoms with van der Waals surface area (Å²) in [4.78, 5) is 56.5. The Labute approximate surface area is 260 Å². The number of nitro benzene ring substituents is 1. The predicted molar refractivity (Wildman–Crippen MR) is 168 cm³/mol. The Morgan fingerprint density at radius 3 is 2.55 bits per heavy atom.